The number of hydrogen-bond acceptors (Lipinski definition) is 3. The molecule has 0 aliphatic rings. The largest absolute Gasteiger partial charge is 0.494 e. The minimum atomic E-state index is 0.738. The van der Waals surface area contributed by atoms with Gasteiger partial charge in [-0.25, -0.2) is 9.97 Å². The van der Waals surface area contributed by atoms with E-state index >= 15 is 0 Å². The van der Waals surface area contributed by atoms with Crippen LogP contribution in [0, 0.1) is 0 Å². The Kier molecular flexibility index (Phi) is 8.24. The summed E-state index contributed by atoms with van der Waals surface area (Å²) >= 11 is 0. The summed E-state index contributed by atoms with van der Waals surface area (Å²) in [5, 5.41) is 0. The lowest BCUT2D eigenvalue weighted by atomic mass is 10.0. The lowest BCUT2D eigenvalue weighted by molar-refractivity contribution is 0.306. The van der Waals surface area contributed by atoms with Crippen molar-refractivity contribution in [3.8, 4) is 28.3 Å². The molecule has 0 atom stereocenters. The first-order valence-electron chi connectivity index (χ1n) is 10.9. The molecule has 2 aromatic carbocycles. The molecular weight excluding hydrogens is 356 g/mol. The first kappa shape index (κ1) is 21.0. The van der Waals surface area contributed by atoms with Crippen molar-refractivity contribution in [2.45, 2.75) is 58.8 Å². The van der Waals surface area contributed by atoms with Gasteiger partial charge in [-0.15, -0.1) is 0 Å². The summed E-state index contributed by atoms with van der Waals surface area (Å²) < 4.78 is 5.78. The lowest BCUT2D eigenvalue weighted by Crippen LogP contribution is -1.97. The third kappa shape index (κ3) is 6.42. The first-order chi connectivity index (χ1) is 14.3. The molecule has 0 unspecified atom stereocenters. The highest BCUT2D eigenvalue weighted by atomic mass is 16.5. The highest BCUT2D eigenvalue weighted by molar-refractivity contribution is 5.64. The van der Waals surface area contributed by atoms with Crippen molar-refractivity contribution in [1.29, 1.82) is 0 Å². The molecule has 1 aromatic heterocycles. The number of ether oxygens (including phenoxy) is 1. The van der Waals surface area contributed by atoms with E-state index in [1.54, 1.807) is 0 Å². The Morgan fingerprint density at radius 2 is 1.28 bits per heavy atom. The van der Waals surface area contributed by atoms with Gasteiger partial charge in [0.15, 0.2) is 5.82 Å². The molecule has 0 spiro atoms. The van der Waals surface area contributed by atoms with E-state index in [9.17, 15) is 0 Å². The van der Waals surface area contributed by atoms with Gasteiger partial charge in [0.1, 0.15) is 5.75 Å². The van der Waals surface area contributed by atoms with Crippen LogP contribution in [0.25, 0.3) is 22.5 Å². The van der Waals surface area contributed by atoms with Crippen LogP contribution in [0.4, 0.5) is 0 Å². The zero-order valence-corrected chi connectivity index (χ0v) is 17.7. The Hall–Kier alpha value is -2.68. The Morgan fingerprint density at radius 3 is 1.93 bits per heavy atom. The second kappa shape index (κ2) is 11.4. The van der Waals surface area contributed by atoms with Crippen LogP contribution in [0.2, 0.25) is 0 Å². The summed E-state index contributed by atoms with van der Waals surface area (Å²) in [6, 6.07) is 16.8. The van der Waals surface area contributed by atoms with Gasteiger partial charge in [0.05, 0.1) is 6.61 Å². The van der Waals surface area contributed by atoms with Crippen LogP contribution >= 0.6 is 0 Å². The standard InChI is InChI=1S/C26H32N2O/c1-3-5-7-9-21-10-12-22(13-11-21)24-19-27-26(28-20-24)23-14-16-25(17-15-23)29-18-8-6-4-2/h10-17,19-20H,3-9,18H2,1-2H3. The Bertz CT molecular complexity index is 839. The van der Waals surface area contributed by atoms with Crippen LogP contribution in [0.3, 0.4) is 0 Å². The number of aryl methyl sites for hydroxylation is 1. The molecule has 29 heavy (non-hydrogen) atoms. The topological polar surface area (TPSA) is 35.0 Å². The molecule has 0 N–H and O–H groups in total. The van der Waals surface area contributed by atoms with Crippen LogP contribution < -0.4 is 4.74 Å². The molecule has 0 aliphatic carbocycles. The fourth-order valence-electron chi connectivity index (χ4n) is 3.31. The van der Waals surface area contributed by atoms with E-state index in [-0.39, 0.29) is 0 Å². The molecule has 3 aromatic rings. The second-order valence-corrected chi connectivity index (χ2v) is 7.53. The number of rotatable bonds is 11. The molecule has 152 valence electrons. The van der Waals surface area contributed by atoms with Crippen LogP contribution in [-0.4, -0.2) is 16.6 Å². The first-order valence-corrected chi connectivity index (χ1v) is 10.9. The second-order valence-electron chi connectivity index (χ2n) is 7.53. The van der Waals surface area contributed by atoms with Crippen molar-refractivity contribution in [3.63, 3.8) is 0 Å². The van der Waals surface area contributed by atoms with Crippen molar-refractivity contribution >= 4 is 0 Å². The van der Waals surface area contributed by atoms with E-state index in [4.69, 9.17) is 4.74 Å². The van der Waals surface area contributed by atoms with E-state index < -0.39 is 0 Å². The Morgan fingerprint density at radius 1 is 0.655 bits per heavy atom. The molecule has 0 saturated heterocycles. The van der Waals surface area contributed by atoms with Crippen LogP contribution in [-0.2, 0) is 6.42 Å². The molecule has 0 radical (unpaired) electrons. The maximum atomic E-state index is 5.78. The molecule has 3 rings (SSSR count). The third-order valence-corrected chi connectivity index (χ3v) is 5.14. The highest BCUT2D eigenvalue weighted by Gasteiger charge is 2.04. The smallest absolute Gasteiger partial charge is 0.159 e. The van der Waals surface area contributed by atoms with Crippen molar-refractivity contribution < 1.29 is 4.74 Å². The van der Waals surface area contributed by atoms with E-state index in [1.807, 2.05) is 36.7 Å². The van der Waals surface area contributed by atoms with Crippen LogP contribution in [0.5, 0.6) is 5.75 Å². The average Bonchev–Trinajstić information content (AvgIpc) is 2.78. The molecule has 0 saturated carbocycles. The van der Waals surface area contributed by atoms with Crippen molar-refractivity contribution in [3.05, 3.63) is 66.5 Å². The van der Waals surface area contributed by atoms with Gasteiger partial charge in [0.25, 0.3) is 0 Å². The summed E-state index contributed by atoms with van der Waals surface area (Å²) in [7, 11) is 0. The maximum absolute atomic E-state index is 5.78. The number of unbranched alkanes of at least 4 members (excludes halogenated alkanes) is 4. The zero-order chi connectivity index (χ0) is 20.3. The maximum Gasteiger partial charge on any atom is 0.159 e. The summed E-state index contributed by atoms with van der Waals surface area (Å²) in [6.45, 7) is 5.21. The molecule has 1 heterocycles. The van der Waals surface area contributed by atoms with Crippen molar-refractivity contribution in [2.75, 3.05) is 6.61 Å². The Labute approximate surface area is 175 Å². The Balaban J connectivity index is 1.59. The van der Waals surface area contributed by atoms with Gasteiger partial charge in [0, 0.05) is 23.5 Å². The highest BCUT2D eigenvalue weighted by Crippen LogP contribution is 2.23. The molecule has 0 amide bonds. The number of benzene rings is 2. The number of nitrogens with zero attached hydrogens (tertiary/aromatic N) is 2. The van der Waals surface area contributed by atoms with Crippen molar-refractivity contribution in [1.82, 2.24) is 9.97 Å². The minimum absolute atomic E-state index is 0.738. The predicted octanol–water partition coefficient (Wildman–Crippen LogP) is 7.11. The van der Waals surface area contributed by atoms with Gasteiger partial charge in [-0.3, -0.25) is 0 Å². The SMILES string of the molecule is CCCCCOc1ccc(-c2ncc(-c3ccc(CCCCC)cc3)cn2)cc1. The predicted molar refractivity (Wildman–Crippen MR) is 121 cm³/mol. The monoisotopic (exact) mass is 388 g/mol. The molecule has 3 nitrogen and oxygen atoms in total. The number of aromatic nitrogens is 2. The van der Waals surface area contributed by atoms with Gasteiger partial charge in [-0.2, -0.15) is 0 Å². The zero-order valence-electron chi connectivity index (χ0n) is 17.7. The summed E-state index contributed by atoms with van der Waals surface area (Å²) in [4.78, 5) is 9.15. The van der Waals surface area contributed by atoms with E-state index in [0.29, 0.717) is 0 Å². The summed E-state index contributed by atoms with van der Waals surface area (Å²) in [5.74, 6) is 1.64. The van der Waals surface area contributed by atoms with Gasteiger partial charge in [-0.1, -0.05) is 63.8 Å². The van der Waals surface area contributed by atoms with Gasteiger partial charge in [-0.05, 0) is 54.7 Å². The molecular formula is C26H32N2O. The fourth-order valence-corrected chi connectivity index (χ4v) is 3.31. The lowest BCUT2D eigenvalue weighted by Gasteiger charge is -2.07. The molecule has 0 aliphatic heterocycles. The van der Waals surface area contributed by atoms with Gasteiger partial charge in [0.2, 0.25) is 0 Å². The van der Waals surface area contributed by atoms with E-state index in [2.05, 4.69) is 48.1 Å². The normalized spacial score (nSPS) is 10.8. The molecule has 3 heteroatoms. The molecule has 0 bridgehead atoms. The summed E-state index contributed by atoms with van der Waals surface area (Å²) in [6.07, 6.45) is 12.3. The van der Waals surface area contributed by atoms with Crippen LogP contribution in [0.1, 0.15) is 57.9 Å². The van der Waals surface area contributed by atoms with Gasteiger partial charge >= 0.3 is 0 Å². The van der Waals surface area contributed by atoms with Crippen molar-refractivity contribution in [2.24, 2.45) is 0 Å². The van der Waals surface area contributed by atoms with E-state index in [0.717, 1.165) is 47.7 Å². The third-order valence-electron chi connectivity index (χ3n) is 5.14. The van der Waals surface area contributed by atoms with E-state index in [1.165, 1.54) is 37.7 Å². The fraction of sp³-hybridized carbons (Fsp3) is 0.385. The summed E-state index contributed by atoms with van der Waals surface area (Å²) in [5.41, 5.74) is 4.61. The average molecular weight is 389 g/mol. The quantitative estimate of drug-likeness (QED) is 0.328. The van der Waals surface area contributed by atoms with Gasteiger partial charge < -0.3 is 4.74 Å². The van der Waals surface area contributed by atoms with Crippen LogP contribution in [0.15, 0.2) is 60.9 Å². The minimum Gasteiger partial charge on any atom is -0.494 e. The molecule has 0 fully saturated rings. The number of hydrogen-bond donors (Lipinski definition) is 0.